The number of hydrogen-bond donors (Lipinski definition) is 1. The highest BCUT2D eigenvalue weighted by molar-refractivity contribution is 5.91. The lowest BCUT2D eigenvalue weighted by molar-refractivity contribution is -0.153. The van der Waals surface area contributed by atoms with Crippen molar-refractivity contribution < 1.29 is 14.0 Å². The molecule has 0 unspecified atom stereocenters. The van der Waals surface area contributed by atoms with Crippen LogP contribution in [0.1, 0.15) is 67.4 Å². The molecule has 3 fully saturated rings. The van der Waals surface area contributed by atoms with Crippen molar-refractivity contribution >= 4 is 11.8 Å². The second-order valence-corrected chi connectivity index (χ2v) is 8.61. The van der Waals surface area contributed by atoms with Crippen molar-refractivity contribution in [3.63, 3.8) is 0 Å². The van der Waals surface area contributed by atoms with Gasteiger partial charge in [0.05, 0.1) is 6.04 Å². The molecule has 2 amide bonds. The summed E-state index contributed by atoms with van der Waals surface area (Å²) in [7, 11) is 0. The molecule has 4 aliphatic rings. The second-order valence-electron chi connectivity index (χ2n) is 8.61. The highest BCUT2D eigenvalue weighted by Gasteiger charge is 2.49. The highest BCUT2D eigenvalue weighted by atomic mass is 19.1. The first-order valence-electron chi connectivity index (χ1n) is 10.5. The lowest BCUT2D eigenvalue weighted by Gasteiger charge is -2.46. The zero-order chi connectivity index (χ0) is 19.3. The minimum absolute atomic E-state index is 0.129. The molecule has 2 saturated carbocycles. The van der Waals surface area contributed by atoms with E-state index < -0.39 is 5.67 Å². The fraction of sp³-hybridized carbons (Fsp3) is 0.789. The smallest absolute Gasteiger partial charge is 0.289 e. The quantitative estimate of drug-likeness (QED) is 0.834. The van der Waals surface area contributed by atoms with E-state index in [-0.39, 0.29) is 23.9 Å². The molecule has 152 valence electrons. The summed E-state index contributed by atoms with van der Waals surface area (Å²) in [5.41, 5.74) is -1.67. The molecule has 0 bridgehead atoms. The van der Waals surface area contributed by atoms with E-state index in [4.69, 9.17) is 0 Å². The van der Waals surface area contributed by atoms with E-state index in [9.17, 15) is 14.0 Å². The topological polar surface area (TPSA) is 83.4 Å². The van der Waals surface area contributed by atoms with E-state index in [1.54, 1.807) is 4.90 Å². The standard InChI is InChI=1S/C19H27FN6O2/c20-19(6-3-7-19)18(28)25-9-8-24-10-11-26-15(14(24)12-25)22-23-16(26)17(27)21-13-4-1-2-5-13/h13-14H,1-12H2,(H,21,27)/t14-/m1/s1. The summed E-state index contributed by atoms with van der Waals surface area (Å²) in [4.78, 5) is 29.2. The molecule has 0 spiro atoms. The summed E-state index contributed by atoms with van der Waals surface area (Å²) in [6.45, 7) is 3.09. The van der Waals surface area contributed by atoms with Crippen LogP contribution in [0.3, 0.4) is 0 Å². The second kappa shape index (κ2) is 6.79. The maximum Gasteiger partial charge on any atom is 0.289 e. The van der Waals surface area contributed by atoms with E-state index in [0.29, 0.717) is 50.7 Å². The van der Waals surface area contributed by atoms with Gasteiger partial charge in [0.25, 0.3) is 11.8 Å². The molecule has 1 atom stereocenters. The van der Waals surface area contributed by atoms with Gasteiger partial charge in [-0.25, -0.2) is 4.39 Å². The summed E-state index contributed by atoms with van der Waals surface area (Å²) in [5.74, 6) is 0.516. The zero-order valence-corrected chi connectivity index (χ0v) is 16.1. The number of nitrogens with zero attached hydrogens (tertiary/aromatic N) is 5. The Bertz CT molecular complexity index is 785. The van der Waals surface area contributed by atoms with Crippen LogP contribution < -0.4 is 5.32 Å². The van der Waals surface area contributed by atoms with Crippen LogP contribution in [-0.4, -0.2) is 74.3 Å². The maximum atomic E-state index is 14.6. The van der Waals surface area contributed by atoms with Crippen LogP contribution in [0.25, 0.3) is 0 Å². The molecule has 1 aromatic rings. The number of halogens is 1. The van der Waals surface area contributed by atoms with Crippen LogP contribution in [0.15, 0.2) is 0 Å². The summed E-state index contributed by atoms with van der Waals surface area (Å²) >= 11 is 0. The first-order valence-corrected chi connectivity index (χ1v) is 10.5. The van der Waals surface area contributed by atoms with Gasteiger partial charge >= 0.3 is 0 Å². The Kier molecular flexibility index (Phi) is 4.37. The van der Waals surface area contributed by atoms with Gasteiger partial charge in [-0.15, -0.1) is 10.2 Å². The van der Waals surface area contributed by atoms with Gasteiger partial charge in [-0.05, 0) is 32.1 Å². The third-order valence-corrected chi connectivity index (χ3v) is 6.89. The first-order chi connectivity index (χ1) is 13.5. The predicted molar refractivity (Wildman–Crippen MR) is 98.3 cm³/mol. The lowest BCUT2D eigenvalue weighted by atomic mass is 9.80. The largest absolute Gasteiger partial charge is 0.347 e. The number of hydrogen-bond acceptors (Lipinski definition) is 5. The first kappa shape index (κ1) is 18.0. The minimum Gasteiger partial charge on any atom is -0.347 e. The molecule has 9 heteroatoms. The normalized spacial score (nSPS) is 27.0. The molecule has 28 heavy (non-hydrogen) atoms. The van der Waals surface area contributed by atoms with E-state index in [1.165, 1.54) is 0 Å². The molecule has 2 aliphatic heterocycles. The summed E-state index contributed by atoms with van der Waals surface area (Å²) in [6, 6.07) is 0.0993. The fourth-order valence-electron chi connectivity index (χ4n) is 5.00. The average molecular weight is 390 g/mol. The Balaban J connectivity index is 1.33. The number of rotatable bonds is 3. The minimum atomic E-state index is -1.67. The third-order valence-electron chi connectivity index (χ3n) is 6.89. The fourth-order valence-corrected chi connectivity index (χ4v) is 5.00. The molecular formula is C19H27FN6O2. The Morgan fingerprint density at radius 3 is 2.50 bits per heavy atom. The Morgan fingerprint density at radius 2 is 1.79 bits per heavy atom. The molecule has 0 aromatic carbocycles. The predicted octanol–water partition coefficient (Wildman–Crippen LogP) is 1.04. The van der Waals surface area contributed by atoms with E-state index in [2.05, 4.69) is 20.4 Å². The maximum absolute atomic E-state index is 14.6. The summed E-state index contributed by atoms with van der Waals surface area (Å²) < 4.78 is 16.5. The lowest BCUT2D eigenvalue weighted by Crippen LogP contribution is -2.58. The zero-order valence-electron chi connectivity index (χ0n) is 16.1. The van der Waals surface area contributed by atoms with Crippen molar-refractivity contribution in [2.45, 2.75) is 69.2 Å². The van der Waals surface area contributed by atoms with Crippen molar-refractivity contribution in [2.24, 2.45) is 0 Å². The number of alkyl halides is 1. The summed E-state index contributed by atoms with van der Waals surface area (Å²) in [5, 5.41) is 11.6. The molecule has 8 nitrogen and oxygen atoms in total. The van der Waals surface area contributed by atoms with E-state index in [1.807, 2.05) is 4.57 Å². The third kappa shape index (κ3) is 2.91. The Morgan fingerprint density at radius 1 is 1.04 bits per heavy atom. The monoisotopic (exact) mass is 390 g/mol. The van der Waals surface area contributed by atoms with Crippen LogP contribution in [0.2, 0.25) is 0 Å². The van der Waals surface area contributed by atoms with Crippen LogP contribution in [-0.2, 0) is 11.3 Å². The number of carbonyl (C=O) groups excluding carboxylic acids is 2. The average Bonchev–Trinajstić information content (AvgIpc) is 3.34. The molecule has 2 aliphatic carbocycles. The number of fused-ring (bicyclic) bond motifs is 3. The molecule has 1 N–H and O–H groups in total. The Labute approximate surface area is 163 Å². The van der Waals surface area contributed by atoms with E-state index in [0.717, 1.165) is 38.6 Å². The number of nitrogens with one attached hydrogen (secondary N) is 1. The highest BCUT2D eigenvalue weighted by Crippen LogP contribution is 2.39. The van der Waals surface area contributed by atoms with Crippen molar-refractivity contribution in [1.82, 2.24) is 29.9 Å². The molecule has 0 radical (unpaired) electrons. The summed E-state index contributed by atoms with van der Waals surface area (Å²) in [6.07, 6.45) is 5.78. The number of carbonyl (C=O) groups is 2. The van der Waals surface area contributed by atoms with Crippen LogP contribution in [0.4, 0.5) is 4.39 Å². The Hall–Kier alpha value is -2.03. The van der Waals surface area contributed by atoms with Crippen molar-refractivity contribution in [1.29, 1.82) is 0 Å². The van der Waals surface area contributed by atoms with Gasteiger partial charge < -0.3 is 14.8 Å². The molecular weight excluding hydrogens is 363 g/mol. The van der Waals surface area contributed by atoms with Gasteiger partial charge in [-0.1, -0.05) is 12.8 Å². The van der Waals surface area contributed by atoms with Crippen LogP contribution >= 0.6 is 0 Å². The molecule has 5 rings (SSSR count). The van der Waals surface area contributed by atoms with Gasteiger partial charge in [0.2, 0.25) is 5.82 Å². The van der Waals surface area contributed by atoms with Crippen molar-refractivity contribution in [2.75, 3.05) is 26.2 Å². The SMILES string of the molecule is O=C(NC1CCCC1)c1nnc2n1CCN1CCN(C(=O)C3(F)CCC3)C[C@H]21. The van der Waals surface area contributed by atoms with E-state index >= 15 is 0 Å². The van der Waals surface area contributed by atoms with Gasteiger partial charge in [0, 0.05) is 38.8 Å². The molecule has 1 saturated heterocycles. The number of piperazine rings is 1. The van der Waals surface area contributed by atoms with Crippen molar-refractivity contribution in [3.05, 3.63) is 11.6 Å². The molecule has 3 heterocycles. The molecule has 1 aromatic heterocycles. The number of amides is 2. The van der Waals surface area contributed by atoms with Crippen molar-refractivity contribution in [3.8, 4) is 0 Å². The van der Waals surface area contributed by atoms with Crippen LogP contribution in [0.5, 0.6) is 0 Å². The van der Waals surface area contributed by atoms with Gasteiger partial charge in [-0.3, -0.25) is 14.5 Å². The van der Waals surface area contributed by atoms with Gasteiger partial charge in [-0.2, -0.15) is 0 Å². The number of aromatic nitrogens is 3. The van der Waals surface area contributed by atoms with Gasteiger partial charge in [0.15, 0.2) is 11.5 Å². The van der Waals surface area contributed by atoms with Crippen LogP contribution in [0, 0.1) is 0 Å². The van der Waals surface area contributed by atoms with Gasteiger partial charge in [0.1, 0.15) is 0 Å².